The Morgan fingerprint density at radius 2 is 1.91 bits per heavy atom. The first kappa shape index (κ1) is 15.5. The molecule has 0 spiro atoms. The zero-order valence-electron chi connectivity index (χ0n) is 11.2. The topological polar surface area (TPSA) is 52.0 Å². The summed E-state index contributed by atoms with van der Waals surface area (Å²) in [7, 11) is -3.90. The van der Waals surface area contributed by atoms with Crippen LogP contribution in [0.4, 0.5) is 4.39 Å². The summed E-state index contributed by atoms with van der Waals surface area (Å²) in [6.45, 7) is 1.86. The van der Waals surface area contributed by atoms with Gasteiger partial charge in [0.2, 0.25) is 0 Å². The molecule has 0 saturated heterocycles. The molecule has 1 aromatic carbocycles. The van der Waals surface area contributed by atoms with Crippen LogP contribution in [0.15, 0.2) is 45.9 Å². The van der Waals surface area contributed by atoms with Crippen molar-refractivity contribution in [3.05, 3.63) is 57.5 Å². The summed E-state index contributed by atoms with van der Waals surface area (Å²) < 4.78 is 40.7. The number of benzene rings is 1. The van der Waals surface area contributed by atoms with Crippen molar-refractivity contribution in [1.82, 2.24) is 8.96 Å². The van der Waals surface area contributed by atoms with Gasteiger partial charge in [0.15, 0.2) is 5.65 Å². The lowest BCUT2D eigenvalue weighted by Gasteiger charge is -2.07. The van der Waals surface area contributed by atoms with Crippen molar-refractivity contribution in [3.63, 3.8) is 0 Å². The van der Waals surface area contributed by atoms with Gasteiger partial charge in [0.05, 0.1) is 10.3 Å². The van der Waals surface area contributed by atoms with Crippen molar-refractivity contribution in [2.24, 2.45) is 0 Å². The van der Waals surface area contributed by atoms with Crippen LogP contribution in [0.2, 0.25) is 5.15 Å². The predicted molar refractivity (Wildman–Crippen MR) is 86.2 cm³/mol. The van der Waals surface area contributed by atoms with Crippen LogP contribution in [0.1, 0.15) is 5.56 Å². The van der Waals surface area contributed by atoms with Crippen LogP contribution in [0.5, 0.6) is 0 Å². The van der Waals surface area contributed by atoms with Gasteiger partial charge in [-0.25, -0.2) is 21.8 Å². The molecule has 0 fully saturated rings. The highest BCUT2D eigenvalue weighted by molar-refractivity contribution is 9.10. The van der Waals surface area contributed by atoms with Crippen molar-refractivity contribution < 1.29 is 12.8 Å². The van der Waals surface area contributed by atoms with Crippen LogP contribution < -0.4 is 0 Å². The van der Waals surface area contributed by atoms with Crippen LogP contribution in [-0.4, -0.2) is 17.4 Å². The highest BCUT2D eigenvalue weighted by Crippen LogP contribution is 2.31. The van der Waals surface area contributed by atoms with E-state index in [2.05, 4.69) is 20.9 Å². The van der Waals surface area contributed by atoms with Gasteiger partial charge in [-0.05, 0) is 35.0 Å². The van der Waals surface area contributed by atoms with E-state index in [4.69, 9.17) is 11.6 Å². The third-order valence-electron chi connectivity index (χ3n) is 3.18. The van der Waals surface area contributed by atoms with E-state index in [1.165, 1.54) is 18.3 Å². The van der Waals surface area contributed by atoms with Gasteiger partial charge in [-0.1, -0.05) is 29.3 Å². The Hall–Kier alpha value is -1.44. The number of aryl methyl sites for hydroxylation is 1. The number of pyridine rings is 1. The van der Waals surface area contributed by atoms with Gasteiger partial charge in [0, 0.05) is 16.7 Å². The van der Waals surface area contributed by atoms with Crippen molar-refractivity contribution in [3.8, 4) is 0 Å². The summed E-state index contributed by atoms with van der Waals surface area (Å²) in [4.78, 5) is 4.03. The monoisotopic (exact) mass is 402 g/mol. The van der Waals surface area contributed by atoms with Gasteiger partial charge >= 0.3 is 0 Å². The third kappa shape index (κ3) is 2.43. The second-order valence-corrected chi connectivity index (χ2v) is 7.77. The van der Waals surface area contributed by atoms with Gasteiger partial charge in [-0.3, -0.25) is 0 Å². The third-order valence-corrected chi connectivity index (χ3v) is 5.64. The van der Waals surface area contributed by atoms with Gasteiger partial charge in [-0.2, -0.15) is 0 Å². The normalized spacial score (nSPS) is 12.0. The standard InChI is InChI=1S/C14H9BrClFN2O2S/c1-8-2-4-9(5-3-8)22(20,21)19-7-10(15)13-11(17)6-12(16)18-14(13)19/h2-7H,1H3. The second-order valence-electron chi connectivity index (χ2n) is 4.72. The van der Waals surface area contributed by atoms with E-state index in [0.717, 1.165) is 15.6 Å². The van der Waals surface area contributed by atoms with E-state index in [9.17, 15) is 12.8 Å². The molecular weight excluding hydrogens is 395 g/mol. The molecule has 114 valence electrons. The van der Waals surface area contributed by atoms with E-state index in [1.54, 1.807) is 12.1 Å². The lowest BCUT2D eigenvalue weighted by atomic mass is 10.2. The molecule has 22 heavy (non-hydrogen) atoms. The number of fused-ring (bicyclic) bond motifs is 1. The molecule has 3 rings (SSSR count). The molecule has 0 amide bonds. The summed E-state index contributed by atoms with van der Waals surface area (Å²) in [6.07, 6.45) is 1.27. The molecule has 3 aromatic rings. The number of rotatable bonds is 2. The first-order valence-electron chi connectivity index (χ1n) is 6.15. The van der Waals surface area contributed by atoms with Gasteiger partial charge in [0.25, 0.3) is 10.0 Å². The zero-order chi connectivity index (χ0) is 16.1. The van der Waals surface area contributed by atoms with Gasteiger partial charge in [-0.15, -0.1) is 0 Å². The smallest absolute Gasteiger partial charge is 0.223 e. The summed E-state index contributed by atoms with van der Waals surface area (Å²) in [6, 6.07) is 7.40. The number of nitrogens with zero attached hydrogens (tertiary/aromatic N) is 2. The van der Waals surface area contributed by atoms with Crippen molar-refractivity contribution >= 4 is 48.6 Å². The summed E-state index contributed by atoms with van der Waals surface area (Å²) in [5, 5.41) is -0.0453. The zero-order valence-corrected chi connectivity index (χ0v) is 14.4. The van der Waals surface area contributed by atoms with Crippen LogP contribution >= 0.6 is 27.5 Å². The average molecular weight is 404 g/mol. The number of hydrogen-bond donors (Lipinski definition) is 0. The summed E-state index contributed by atoms with van der Waals surface area (Å²) in [5.41, 5.74) is 0.877. The van der Waals surface area contributed by atoms with Crippen LogP contribution in [0.25, 0.3) is 11.0 Å². The van der Waals surface area contributed by atoms with E-state index in [0.29, 0.717) is 4.47 Å². The quantitative estimate of drug-likeness (QED) is 0.604. The molecule has 2 heterocycles. The fourth-order valence-corrected chi connectivity index (χ4v) is 4.28. The minimum Gasteiger partial charge on any atom is -0.223 e. The van der Waals surface area contributed by atoms with E-state index >= 15 is 0 Å². The maximum Gasteiger partial charge on any atom is 0.269 e. The molecular formula is C14H9BrClFN2O2S. The van der Waals surface area contributed by atoms with Gasteiger partial charge in [0.1, 0.15) is 11.0 Å². The Morgan fingerprint density at radius 3 is 2.55 bits per heavy atom. The molecule has 8 heteroatoms. The van der Waals surface area contributed by atoms with Crippen molar-refractivity contribution in [2.45, 2.75) is 11.8 Å². The Balaban J connectivity index is 2.32. The van der Waals surface area contributed by atoms with Crippen LogP contribution in [0, 0.1) is 12.7 Å². The molecule has 0 saturated carbocycles. The fourth-order valence-electron chi connectivity index (χ4n) is 2.09. The van der Waals surface area contributed by atoms with Crippen LogP contribution in [-0.2, 0) is 10.0 Å². The Morgan fingerprint density at radius 1 is 1.27 bits per heavy atom. The molecule has 0 aliphatic heterocycles. The predicted octanol–water partition coefficient (Wildman–Crippen LogP) is 4.14. The average Bonchev–Trinajstić information content (AvgIpc) is 2.77. The van der Waals surface area contributed by atoms with Gasteiger partial charge < -0.3 is 0 Å². The van der Waals surface area contributed by atoms with Crippen LogP contribution in [0.3, 0.4) is 0 Å². The molecule has 0 atom stereocenters. The minimum absolute atomic E-state index is 0.0579. The van der Waals surface area contributed by atoms with E-state index in [-0.39, 0.29) is 21.1 Å². The number of halogens is 3. The Labute approximate surface area is 139 Å². The SMILES string of the molecule is Cc1ccc(S(=O)(=O)n2cc(Br)c3c(F)cc(Cl)nc32)cc1. The number of aromatic nitrogens is 2. The summed E-state index contributed by atoms with van der Waals surface area (Å²) in [5.74, 6) is -0.639. The van der Waals surface area contributed by atoms with Crippen molar-refractivity contribution in [2.75, 3.05) is 0 Å². The lowest BCUT2D eigenvalue weighted by molar-refractivity contribution is 0.588. The fraction of sp³-hybridized carbons (Fsp3) is 0.0714. The lowest BCUT2D eigenvalue weighted by Crippen LogP contribution is -2.12. The summed E-state index contributed by atoms with van der Waals surface area (Å²) >= 11 is 8.91. The molecule has 4 nitrogen and oxygen atoms in total. The number of hydrogen-bond acceptors (Lipinski definition) is 3. The molecule has 0 aliphatic rings. The Bertz CT molecular complexity index is 984. The molecule has 2 aromatic heterocycles. The molecule has 0 aliphatic carbocycles. The first-order chi connectivity index (χ1) is 10.3. The Kier molecular flexibility index (Phi) is 3.74. The maximum absolute atomic E-state index is 14.0. The molecule has 0 bridgehead atoms. The minimum atomic E-state index is -3.90. The largest absolute Gasteiger partial charge is 0.269 e. The van der Waals surface area contributed by atoms with E-state index in [1.807, 2.05) is 6.92 Å². The molecule has 0 N–H and O–H groups in total. The highest BCUT2D eigenvalue weighted by Gasteiger charge is 2.23. The highest BCUT2D eigenvalue weighted by atomic mass is 79.9. The van der Waals surface area contributed by atoms with Crippen molar-refractivity contribution in [1.29, 1.82) is 0 Å². The maximum atomic E-state index is 14.0. The van der Waals surface area contributed by atoms with E-state index < -0.39 is 15.8 Å². The molecule has 0 radical (unpaired) electrons. The first-order valence-corrected chi connectivity index (χ1v) is 8.76. The molecule has 0 unspecified atom stereocenters. The second kappa shape index (κ2) is 5.33.